The number of halogens is 2. The van der Waals surface area contributed by atoms with Gasteiger partial charge in [-0.25, -0.2) is 8.78 Å². The Labute approximate surface area is 160 Å². The Kier molecular flexibility index (Phi) is 5.96. The largest absolute Gasteiger partial charge is 0.484 e. The van der Waals surface area contributed by atoms with E-state index >= 15 is 0 Å². The lowest BCUT2D eigenvalue weighted by molar-refractivity contribution is -0.118. The summed E-state index contributed by atoms with van der Waals surface area (Å²) in [5.74, 6) is -1.12. The van der Waals surface area contributed by atoms with E-state index in [0.717, 1.165) is 0 Å². The molecule has 0 atom stereocenters. The molecule has 0 radical (unpaired) electrons. The number of rotatable bonds is 6. The Balaban J connectivity index is 1.50. The van der Waals surface area contributed by atoms with Crippen LogP contribution in [0, 0.1) is 11.6 Å². The van der Waals surface area contributed by atoms with Gasteiger partial charge in [0.05, 0.1) is 0 Å². The van der Waals surface area contributed by atoms with Gasteiger partial charge in [-0.2, -0.15) is 0 Å². The lowest BCUT2D eigenvalue weighted by atomic mass is 10.2. The van der Waals surface area contributed by atoms with Crippen molar-refractivity contribution in [3.8, 4) is 5.75 Å². The third kappa shape index (κ3) is 5.38. The number of anilines is 2. The number of ether oxygens (including phenoxy) is 1. The number of hydrogen-bond acceptors (Lipinski definition) is 3. The molecule has 2 N–H and O–H groups in total. The highest BCUT2D eigenvalue weighted by Crippen LogP contribution is 2.15. The number of carbonyl (C=O) groups is 2. The highest BCUT2D eigenvalue weighted by atomic mass is 19.1. The van der Waals surface area contributed by atoms with Crippen LogP contribution in [-0.4, -0.2) is 18.4 Å². The molecule has 3 rings (SSSR count). The average molecular weight is 382 g/mol. The summed E-state index contributed by atoms with van der Waals surface area (Å²) in [6.45, 7) is -0.238. The Morgan fingerprint density at radius 1 is 0.714 bits per heavy atom. The Morgan fingerprint density at radius 2 is 1.21 bits per heavy atom. The van der Waals surface area contributed by atoms with Gasteiger partial charge in [-0.15, -0.1) is 0 Å². The van der Waals surface area contributed by atoms with Gasteiger partial charge in [0, 0.05) is 16.9 Å². The fraction of sp³-hybridized carbons (Fsp3) is 0.0476. The molecular formula is C21H16F2N2O3. The van der Waals surface area contributed by atoms with Crippen LogP contribution in [-0.2, 0) is 4.79 Å². The third-order valence-electron chi connectivity index (χ3n) is 3.72. The van der Waals surface area contributed by atoms with E-state index in [1.54, 1.807) is 24.3 Å². The van der Waals surface area contributed by atoms with E-state index in [2.05, 4.69) is 10.6 Å². The van der Waals surface area contributed by atoms with Gasteiger partial charge < -0.3 is 15.4 Å². The van der Waals surface area contributed by atoms with Crippen LogP contribution in [0.5, 0.6) is 5.75 Å². The molecule has 0 saturated carbocycles. The Morgan fingerprint density at radius 3 is 1.75 bits per heavy atom. The lowest BCUT2D eigenvalue weighted by Gasteiger charge is -2.09. The number of amides is 2. The molecular weight excluding hydrogens is 366 g/mol. The van der Waals surface area contributed by atoms with E-state index in [9.17, 15) is 18.4 Å². The summed E-state index contributed by atoms with van der Waals surface area (Å²) in [5.41, 5.74) is 1.32. The van der Waals surface area contributed by atoms with Gasteiger partial charge in [0.25, 0.3) is 11.8 Å². The molecule has 0 aliphatic heterocycles. The quantitative estimate of drug-likeness (QED) is 0.670. The molecule has 0 aromatic heterocycles. The van der Waals surface area contributed by atoms with Crippen LogP contribution in [0.1, 0.15) is 10.4 Å². The molecule has 3 aromatic rings. The minimum Gasteiger partial charge on any atom is -0.484 e. The summed E-state index contributed by atoms with van der Waals surface area (Å²) < 4.78 is 31.1. The van der Waals surface area contributed by atoms with E-state index in [-0.39, 0.29) is 18.3 Å². The highest BCUT2D eigenvalue weighted by molar-refractivity contribution is 6.04. The molecule has 0 unspecified atom stereocenters. The predicted octanol–water partition coefficient (Wildman–Crippen LogP) is 4.23. The van der Waals surface area contributed by atoms with Crippen molar-refractivity contribution in [1.82, 2.24) is 0 Å². The molecule has 0 heterocycles. The van der Waals surface area contributed by atoms with Crippen LogP contribution < -0.4 is 15.4 Å². The summed E-state index contributed by atoms with van der Waals surface area (Å²) in [7, 11) is 0. The summed E-state index contributed by atoms with van der Waals surface area (Å²) in [6, 6.07) is 17.0. The van der Waals surface area contributed by atoms with Crippen LogP contribution in [0.4, 0.5) is 20.2 Å². The maximum absolute atomic E-state index is 12.9. The molecule has 3 aromatic carbocycles. The maximum Gasteiger partial charge on any atom is 0.262 e. The summed E-state index contributed by atoms with van der Waals surface area (Å²) >= 11 is 0. The normalized spacial score (nSPS) is 10.2. The molecule has 0 spiro atoms. The van der Waals surface area contributed by atoms with Crippen molar-refractivity contribution in [2.45, 2.75) is 0 Å². The highest BCUT2D eigenvalue weighted by Gasteiger charge is 2.08. The van der Waals surface area contributed by atoms with E-state index in [1.165, 1.54) is 48.5 Å². The minimum atomic E-state index is -0.398. The molecule has 0 bridgehead atoms. The Hall–Kier alpha value is -3.74. The van der Waals surface area contributed by atoms with Crippen LogP contribution in [0.2, 0.25) is 0 Å². The molecule has 28 heavy (non-hydrogen) atoms. The first-order valence-electron chi connectivity index (χ1n) is 8.35. The van der Waals surface area contributed by atoms with Crippen molar-refractivity contribution in [2.75, 3.05) is 17.2 Å². The standard InChI is InChI=1S/C21H16F2N2O3/c22-15-3-7-17(8-4-15)24-20(26)13-28-19-11-1-14(2-12-19)21(27)25-18-9-5-16(23)6-10-18/h1-12H,13H2,(H,24,26)(H,25,27). The van der Waals surface area contributed by atoms with Crippen molar-refractivity contribution in [3.05, 3.63) is 90.0 Å². The number of carbonyl (C=O) groups excluding carboxylic acids is 2. The lowest BCUT2D eigenvalue weighted by Crippen LogP contribution is -2.20. The van der Waals surface area contributed by atoms with Gasteiger partial charge in [-0.3, -0.25) is 9.59 Å². The first-order chi connectivity index (χ1) is 13.5. The average Bonchev–Trinajstić information content (AvgIpc) is 2.70. The Bertz CT molecular complexity index is 956. The summed E-state index contributed by atoms with van der Waals surface area (Å²) in [5, 5.41) is 5.23. The van der Waals surface area contributed by atoms with Gasteiger partial charge in [0.1, 0.15) is 17.4 Å². The van der Waals surface area contributed by atoms with Crippen LogP contribution >= 0.6 is 0 Å². The first kappa shape index (κ1) is 19.0. The molecule has 7 heteroatoms. The SMILES string of the molecule is O=C(COc1ccc(C(=O)Nc2ccc(F)cc2)cc1)Nc1ccc(F)cc1. The molecule has 0 saturated heterocycles. The van der Waals surface area contributed by atoms with E-state index in [0.29, 0.717) is 22.7 Å². The fourth-order valence-electron chi connectivity index (χ4n) is 2.32. The third-order valence-corrected chi connectivity index (χ3v) is 3.72. The smallest absolute Gasteiger partial charge is 0.262 e. The first-order valence-corrected chi connectivity index (χ1v) is 8.35. The van der Waals surface area contributed by atoms with Crippen molar-refractivity contribution >= 4 is 23.2 Å². The minimum absolute atomic E-state index is 0.238. The van der Waals surface area contributed by atoms with Crippen molar-refractivity contribution in [3.63, 3.8) is 0 Å². The molecule has 0 aliphatic rings. The van der Waals surface area contributed by atoms with Gasteiger partial charge in [0.15, 0.2) is 6.61 Å². The fourth-order valence-corrected chi connectivity index (χ4v) is 2.32. The molecule has 2 amide bonds. The van der Waals surface area contributed by atoms with Crippen LogP contribution in [0.3, 0.4) is 0 Å². The molecule has 0 aliphatic carbocycles. The zero-order chi connectivity index (χ0) is 19.9. The molecule has 5 nitrogen and oxygen atoms in total. The van der Waals surface area contributed by atoms with E-state index in [1.807, 2.05) is 0 Å². The predicted molar refractivity (Wildman–Crippen MR) is 101 cm³/mol. The number of hydrogen-bond donors (Lipinski definition) is 2. The van der Waals surface area contributed by atoms with Gasteiger partial charge >= 0.3 is 0 Å². The van der Waals surface area contributed by atoms with Crippen molar-refractivity contribution in [1.29, 1.82) is 0 Å². The summed E-state index contributed by atoms with van der Waals surface area (Å²) in [4.78, 5) is 24.0. The second-order valence-electron chi connectivity index (χ2n) is 5.83. The topological polar surface area (TPSA) is 67.4 Å². The maximum atomic E-state index is 12.9. The van der Waals surface area contributed by atoms with Crippen molar-refractivity contribution in [2.24, 2.45) is 0 Å². The second-order valence-corrected chi connectivity index (χ2v) is 5.83. The van der Waals surface area contributed by atoms with Gasteiger partial charge in [0.2, 0.25) is 0 Å². The monoisotopic (exact) mass is 382 g/mol. The van der Waals surface area contributed by atoms with Gasteiger partial charge in [-0.05, 0) is 72.8 Å². The second kappa shape index (κ2) is 8.77. The van der Waals surface area contributed by atoms with Crippen LogP contribution in [0.15, 0.2) is 72.8 Å². The van der Waals surface area contributed by atoms with Crippen LogP contribution in [0.25, 0.3) is 0 Å². The number of nitrogens with one attached hydrogen (secondary N) is 2. The zero-order valence-corrected chi connectivity index (χ0v) is 14.6. The molecule has 142 valence electrons. The van der Waals surface area contributed by atoms with Crippen molar-refractivity contribution < 1.29 is 23.1 Å². The number of benzene rings is 3. The van der Waals surface area contributed by atoms with Gasteiger partial charge in [-0.1, -0.05) is 0 Å². The zero-order valence-electron chi connectivity index (χ0n) is 14.6. The molecule has 0 fully saturated rings. The van der Waals surface area contributed by atoms with E-state index in [4.69, 9.17) is 4.74 Å². The van der Waals surface area contributed by atoms with E-state index < -0.39 is 11.7 Å². The summed E-state index contributed by atoms with van der Waals surface area (Å²) in [6.07, 6.45) is 0.